The Labute approximate surface area is 117 Å². The first-order valence-electron chi connectivity index (χ1n) is 6.40. The Balaban J connectivity index is 1.82. The maximum Gasteiger partial charge on any atom is 0.505 e. The van der Waals surface area contributed by atoms with Crippen molar-refractivity contribution in [1.29, 1.82) is 0 Å². The molecule has 1 aliphatic rings. The van der Waals surface area contributed by atoms with E-state index in [1.165, 1.54) is 0 Å². The lowest BCUT2D eigenvalue weighted by Crippen LogP contribution is -2.42. The third kappa shape index (κ3) is 4.36. The molecule has 1 aromatic rings. The van der Waals surface area contributed by atoms with Crippen molar-refractivity contribution in [2.75, 3.05) is 19.8 Å². The summed E-state index contributed by atoms with van der Waals surface area (Å²) in [4.78, 5) is 10.4. The standard InChI is InChI=1S/C15H18O5/c1-15(11-20-14(16)17)9-18-13(19-10-15)8-7-12-5-3-2-4-6-12/h2-8,13H,9-11H2,1H3,(H,16,17). The lowest BCUT2D eigenvalue weighted by atomic mass is 9.93. The van der Waals surface area contributed by atoms with E-state index >= 15 is 0 Å². The maximum atomic E-state index is 10.4. The summed E-state index contributed by atoms with van der Waals surface area (Å²) in [5, 5.41) is 8.51. The summed E-state index contributed by atoms with van der Waals surface area (Å²) < 4.78 is 15.7. The molecule has 2 rings (SSSR count). The molecule has 0 radical (unpaired) electrons. The van der Waals surface area contributed by atoms with Gasteiger partial charge in [0, 0.05) is 5.41 Å². The molecule has 1 N–H and O–H groups in total. The highest BCUT2D eigenvalue weighted by atomic mass is 16.7. The molecule has 5 heteroatoms. The van der Waals surface area contributed by atoms with Gasteiger partial charge in [-0.2, -0.15) is 0 Å². The third-order valence-corrected chi connectivity index (χ3v) is 2.98. The van der Waals surface area contributed by atoms with Crippen LogP contribution in [0.2, 0.25) is 0 Å². The van der Waals surface area contributed by atoms with E-state index in [0.29, 0.717) is 13.2 Å². The summed E-state index contributed by atoms with van der Waals surface area (Å²) in [5.74, 6) is 0. The molecule has 108 valence electrons. The molecule has 0 amide bonds. The molecule has 0 bridgehead atoms. The SMILES string of the molecule is CC1(COC(=O)O)COC(C=Cc2ccccc2)OC1. The van der Waals surface area contributed by atoms with E-state index in [9.17, 15) is 4.79 Å². The van der Waals surface area contributed by atoms with Crippen LogP contribution in [0.5, 0.6) is 0 Å². The second kappa shape index (κ2) is 6.54. The Morgan fingerprint density at radius 3 is 2.65 bits per heavy atom. The fourth-order valence-corrected chi connectivity index (χ4v) is 1.84. The Bertz CT molecular complexity index is 460. The van der Waals surface area contributed by atoms with Crippen molar-refractivity contribution < 1.29 is 24.1 Å². The molecular weight excluding hydrogens is 260 g/mol. The minimum Gasteiger partial charge on any atom is -0.450 e. The van der Waals surface area contributed by atoms with E-state index < -0.39 is 17.9 Å². The zero-order valence-corrected chi connectivity index (χ0v) is 11.3. The number of carboxylic acid groups (broad SMARTS) is 1. The van der Waals surface area contributed by atoms with E-state index in [0.717, 1.165) is 5.56 Å². The Morgan fingerprint density at radius 1 is 1.40 bits per heavy atom. The van der Waals surface area contributed by atoms with Gasteiger partial charge < -0.3 is 19.3 Å². The molecule has 1 fully saturated rings. The average Bonchev–Trinajstić information content (AvgIpc) is 2.46. The molecule has 0 spiro atoms. The fourth-order valence-electron chi connectivity index (χ4n) is 1.84. The van der Waals surface area contributed by atoms with E-state index in [1.54, 1.807) is 0 Å². The van der Waals surface area contributed by atoms with Crippen LogP contribution in [0.15, 0.2) is 36.4 Å². The molecule has 0 saturated carbocycles. The van der Waals surface area contributed by atoms with Crippen LogP contribution in [0.3, 0.4) is 0 Å². The highest BCUT2D eigenvalue weighted by Crippen LogP contribution is 2.25. The van der Waals surface area contributed by atoms with Crippen molar-refractivity contribution >= 4 is 12.2 Å². The Kier molecular flexibility index (Phi) is 4.76. The predicted octanol–water partition coefficient (Wildman–Crippen LogP) is 2.77. The van der Waals surface area contributed by atoms with E-state index in [2.05, 4.69) is 4.74 Å². The molecule has 1 aliphatic heterocycles. The van der Waals surface area contributed by atoms with Gasteiger partial charge in [0.25, 0.3) is 0 Å². The van der Waals surface area contributed by atoms with E-state index in [4.69, 9.17) is 14.6 Å². The zero-order valence-electron chi connectivity index (χ0n) is 11.3. The summed E-state index contributed by atoms with van der Waals surface area (Å²) in [6.45, 7) is 2.72. The monoisotopic (exact) mass is 278 g/mol. The van der Waals surface area contributed by atoms with Crippen LogP contribution in [0.4, 0.5) is 4.79 Å². The van der Waals surface area contributed by atoms with Crippen LogP contribution >= 0.6 is 0 Å². The van der Waals surface area contributed by atoms with Gasteiger partial charge in [-0.3, -0.25) is 0 Å². The van der Waals surface area contributed by atoms with Gasteiger partial charge in [0.15, 0.2) is 6.29 Å². The largest absolute Gasteiger partial charge is 0.505 e. The van der Waals surface area contributed by atoms with Crippen molar-refractivity contribution in [3.05, 3.63) is 42.0 Å². The first-order valence-corrected chi connectivity index (χ1v) is 6.40. The molecule has 0 atom stereocenters. The van der Waals surface area contributed by atoms with E-state index in [-0.39, 0.29) is 6.61 Å². The molecule has 5 nitrogen and oxygen atoms in total. The van der Waals surface area contributed by atoms with Crippen molar-refractivity contribution in [3.63, 3.8) is 0 Å². The molecule has 1 heterocycles. The van der Waals surface area contributed by atoms with Crippen molar-refractivity contribution in [3.8, 4) is 0 Å². The van der Waals surface area contributed by atoms with Crippen LogP contribution < -0.4 is 0 Å². The first-order chi connectivity index (χ1) is 9.57. The number of rotatable bonds is 4. The van der Waals surface area contributed by atoms with Gasteiger partial charge in [0.05, 0.1) is 13.2 Å². The van der Waals surface area contributed by atoms with Crippen LogP contribution in [-0.4, -0.2) is 37.4 Å². The number of ether oxygens (including phenoxy) is 3. The molecule has 20 heavy (non-hydrogen) atoms. The zero-order chi connectivity index (χ0) is 14.4. The van der Waals surface area contributed by atoms with Gasteiger partial charge in [-0.25, -0.2) is 4.79 Å². The van der Waals surface area contributed by atoms with Crippen LogP contribution in [0, 0.1) is 5.41 Å². The molecule has 0 aromatic heterocycles. The van der Waals surface area contributed by atoms with Crippen molar-refractivity contribution in [2.45, 2.75) is 13.2 Å². The van der Waals surface area contributed by atoms with Gasteiger partial charge >= 0.3 is 6.16 Å². The number of hydrogen-bond donors (Lipinski definition) is 1. The summed E-state index contributed by atoms with van der Waals surface area (Å²) in [6, 6.07) is 9.86. The Hall–Kier alpha value is -1.85. The maximum absolute atomic E-state index is 10.4. The van der Waals surface area contributed by atoms with Crippen molar-refractivity contribution in [1.82, 2.24) is 0 Å². The second-order valence-electron chi connectivity index (χ2n) is 5.13. The Morgan fingerprint density at radius 2 is 2.05 bits per heavy atom. The molecular formula is C15H18O5. The molecule has 0 unspecified atom stereocenters. The molecule has 1 saturated heterocycles. The van der Waals surface area contributed by atoms with Gasteiger partial charge in [0.1, 0.15) is 6.61 Å². The quantitative estimate of drug-likeness (QED) is 0.858. The second-order valence-corrected chi connectivity index (χ2v) is 5.13. The topological polar surface area (TPSA) is 65.0 Å². The van der Waals surface area contributed by atoms with Crippen LogP contribution in [0.1, 0.15) is 12.5 Å². The third-order valence-electron chi connectivity index (χ3n) is 2.98. The van der Waals surface area contributed by atoms with E-state index in [1.807, 2.05) is 49.4 Å². The predicted molar refractivity (Wildman–Crippen MR) is 73.3 cm³/mol. The highest BCUT2D eigenvalue weighted by Gasteiger charge is 2.33. The van der Waals surface area contributed by atoms with Crippen LogP contribution in [-0.2, 0) is 14.2 Å². The molecule has 1 aromatic carbocycles. The van der Waals surface area contributed by atoms with Gasteiger partial charge in [0.2, 0.25) is 0 Å². The number of benzene rings is 1. The summed E-state index contributed by atoms with van der Waals surface area (Å²) in [6.07, 6.45) is 2.08. The van der Waals surface area contributed by atoms with Crippen LogP contribution in [0.25, 0.3) is 6.08 Å². The minimum atomic E-state index is -1.28. The summed E-state index contributed by atoms with van der Waals surface area (Å²) in [5.41, 5.74) is 0.636. The highest BCUT2D eigenvalue weighted by molar-refractivity contribution is 5.56. The first kappa shape index (κ1) is 14.6. The number of carbonyl (C=O) groups is 1. The smallest absolute Gasteiger partial charge is 0.450 e. The lowest BCUT2D eigenvalue weighted by Gasteiger charge is -2.35. The van der Waals surface area contributed by atoms with Gasteiger partial charge in [-0.05, 0) is 11.6 Å². The number of hydrogen-bond acceptors (Lipinski definition) is 4. The van der Waals surface area contributed by atoms with Gasteiger partial charge in [-0.1, -0.05) is 43.3 Å². The summed E-state index contributed by atoms with van der Waals surface area (Å²) in [7, 11) is 0. The lowest BCUT2D eigenvalue weighted by molar-refractivity contribution is -0.210. The average molecular weight is 278 g/mol. The summed E-state index contributed by atoms with van der Waals surface area (Å²) >= 11 is 0. The fraction of sp³-hybridized carbons (Fsp3) is 0.400. The molecule has 0 aliphatic carbocycles. The minimum absolute atomic E-state index is 0.0669. The van der Waals surface area contributed by atoms with Crippen molar-refractivity contribution in [2.24, 2.45) is 5.41 Å². The normalized spacial score (nSPS) is 26.6. The van der Waals surface area contributed by atoms with Gasteiger partial charge in [-0.15, -0.1) is 0 Å².